The molecule has 2 rings (SSSR count). The molecular weight excluding hydrogens is 228 g/mol. The molecule has 1 aromatic rings. The van der Waals surface area contributed by atoms with E-state index >= 15 is 0 Å². The van der Waals surface area contributed by atoms with Crippen LogP contribution in [0.15, 0.2) is 18.3 Å². The van der Waals surface area contributed by atoms with Gasteiger partial charge in [0.25, 0.3) is 5.91 Å². The van der Waals surface area contributed by atoms with Crippen LogP contribution in [-0.2, 0) is 0 Å². The Morgan fingerprint density at radius 1 is 1.44 bits per heavy atom. The van der Waals surface area contributed by atoms with E-state index < -0.39 is 0 Å². The molecule has 0 radical (unpaired) electrons. The number of aliphatic hydroxyl groups is 1. The van der Waals surface area contributed by atoms with Gasteiger partial charge in [0.15, 0.2) is 0 Å². The highest BCUT2D eigenvalue weighted by Gasteiger charge is 2.25. The molecule has 1 saturated heterocycles. The normalized spacial score (nSPS) is 20.6. The standard InChI is InChI=1S/C14H20N2O2/c1-11-6-7-12(9-15-11)14(18)16-8-4-2-3-5-13(16)10-17/h6-7,9,13,17H,2-5,8,10H2,1H3. The number of likely N-dealkylation sites (tertiary alicyclic amines) is 1. The lowest BCUT2D eigenvalue weighted by molar-refractivity contribution is 0.0599. The number of amides is 1. The zero-order valence-electron chi connectivity index (χ0n) is 10.8. The largest absolute Gasteiger partial charge is 0.394 e. The first-order chi connectivity index (χ1) is 8.72. The van der Waals surface area contributed by atoms with Crippen molar-refractivity contribution in [1.82, 2.24) is 9.88 Å². The fourth-order valence-corrected chi connectivity index (χ4v) is 2.39. The van der Waals surface area contributed by atoms with E-state index in [0.717, 1.165) is 37.9 Å². The molecule has 98 valence electrons. The Morgan fingerprint density at radius 2 is 2.28 bits per heavy atom. The Balaban J connectivity index is 2.17. The highest BCUT2D eigenvalue weighted by molar-refractivity contribution is 5.94. The van der Waals surface area contributed by atoms with Crippen LogP contribution in [0.2, 0.25) is 0 Å². The first-order valence-electron chi connectivity index (χ1n) is 6.57. The third-order valence-corrected chi connectivity index (χ3v) is 3.51. The fraction of sp³-hybridized carbons (Fsp3) is 0.571. The summed E-state index contributed by atoms with van der Waals surface area (Å²) in [7, 11) is 0. The van der Waals surface area contributed by atoms with Crippen LogP contribution in [0, 0.1) is 6.92 Å². The minimum Gasteiger partial charge on any atom is -0.394 e. The average Bonchev–Trinajstić information content (AvgIpc) is 2.63. The van der Waals surface area contributed by atoms with Gasteiger partial charge in [-0.25, -0.2) is 0 Å². The van der Waals surface area contributed by atoms with Crippen LogP contribution in [0.25, 0.3) is 0 Å². The maximum absolute atomic E-state index is 12.4. The van der Waals surface area contributed by atoms with Gasteiger partial charge in [-0.15, -0.1) is 0 Å². The molecule has 1 aromatic heterocycles. The molecule has 0 aliphatic carbocycles. The number of nitrogens with zero attached hydrogens (tertiary/aromatic N) is 2. The van der Waals surface area contributed by atoms with Gasteiger partial charge in [0, 0.05) is 18.4 Å². The van der Waals surface area contributed by atoms with Crippen LogP contribution in [0.1, 0.15) is 41.7 Å². The summed E-state index contributed by atoms with van der Waals surface area (Å²) in [5.74, 6) is -0.0107. The van der Waals surface area contributed by atoms with E-state index in [1.807, 2.05) is 19.1 Å². The molecule has 1 unspecified atom stereocenters. The zero-order chi connectivity index (χ0) is 13.0. The zero-order valence-corrected chi connectivity index (χ0v) is 10.8. The van der Waals surface area contributed by atoms with Crippen molar-refractivity contribution in [3.05, 3.63) is 29.6 Å². The van der Waals surface area contributed by atoms with Crippen molar-refractivity contribution in [1.29, 1.82) is 0 Å². The maximum atomic E-state index is 12.4. The average molecular weight is 248 g/mol. The van der Waals surface area contributed by atoms with Gasteiger partial charge in [-0.2, -0.15) is 0 Å². The van der Waals surface area contributed by atoms with Gasteiger partial charge in [0.05, 0.1) is 18.2 Å². The molecule has 1 N–H and O–H groups in total. The SMILES string of the molecule is Cc1ccc(C(=O)N2CCCCCC2CO)cn1. The second kappa shape index (κ2) is 5.96. The summed E-state index contributed by atoms with van der Waals surface area (Å²) < 4.78 is 0. The van der Waals surface area contributed by atoms with Gasteiger partial charge in [0.1, 0.15) is 0 Å². The Morgan fingerprint density at radius 3 is 2.94 bits per heavy atom. The van der Waals surface area contributed by atoms with Crippen molar-refractivity contribution in [2.45, 2.75) is 38.6 Å². The molecule has 0 spiro atoms. The second-order valence-corrected chi connectivity index (χ2v) is 4.87. The molecule has 1 aliphatic rings. The van der Waals surface area contributed by atoms with E-state index in [1.54, 1.807) is 11.1 Å². The molecule has 4 nitrogen and oxygen atoms in total. The number of hydrogen-bond acceptors (Lipinski definition) is 3. The lowest BCUT2D eigenvalue weighted by Crippen LogP contribution is -2.42. The van der Waals surface area contributed by atoms with Crippen LogP contribution < -0.4 is 0 Å². The van der Waals surface area contributed by atoms with Crippen molar-refractivity contribution in [2.24, 2.45) is 0 Å². The molecule has 1 fully saturated rings. The molecule has 1 atom stereocenters. The van der Waals surface area contributed by atoms with E-state index in [1.165, 1.54) is 0 Å². The number of aryl methyl sites for hydroxylation is 1. The van der Waals surface area contributed by atoms with E-state index in [2.05, 4.69) is 4.98 Å². The Hall–Kier alpha value is -1.42. The highest BCUT2D eigenvalue weighted by atomic mass is 16.3. The van der Waals surface area contributed by atoms with Crippen molar-refractivity contribution in [3.63, 3.8) is 0 Å². The minimum atomic E-state index is -0.0405. The number of carbonyl (C=O) groups excluding carboxylic acids is 1. The summed E-state index contributed by atoms with van der Waals surface area (Å²) in [6.07, 6.45) is 5.74. The van der Waals surface area contributed by atoms with Gasteiger partial charge in [-0.1, -0.05) is 12.8 Å². The number of pyridine rings is 1. The first-order valence-corrected chi connectivity index (χ1v) is 6.57. The Labute approximate surface area is 108 Å². The molecular formula is C14H20N2O2. The lowest BCUT2D eigenvalue weighted by atomic mass is 10.1. The first kappa shape index (κ1) is 13.0. The summed E-state index contributed by atoms with van der Waals surface area (Å²) in [6, 6.07) is 3.62. The summed E-state index contributed by atoms with van der Waals surface area (Å²) in [5, 5.41) is 9.42. The molecule has 4 heteroatoms. The van der Waals surface area contributed by atoms with Crippen LogP contribution in [0.3, 0.4) is 0 Å². The van der Waals surface area contributed by atoms with Crippen LogP contribution in [0.5, 0.6) is 0 Å². The van der Waals surface area contributed by atoms with E-state index in [4.69, 9.17) is 0 Å². The monoisotopic (exact) mass is 248 g/mol. The van der Waals surface area contributed by atoms with E-state index in [0.29, 0.717) is 5.56 Å². The molecule has 18 heavy (non-hydrogen) atoms. The molecule has 1 amide bonds. The highest BCUT2D eigenvalue weighted by Crippen LogP contribution is 2.18. The molecule has 2 heterocycles. The van der Waals surface area contributed by atoms with Crippen LogP contribution >= 0.6 is 0 Å². The van der Waals surface area contributed by atoms with Crippen LogP contribution in [-0.4, -0.2) is 40.1 Å². The van der Waals surface area contributed by atoms with E-state index in [9.17, 15) is 9.90 Å². The molecule has 1 aliphatic heterocycles. The van der Waals surface area contributed by atoms with Crippen molar-refractivity contribution in [3.8, 4) is 0 Å². The third-order valence-electron chi connectivity index (χ3n) is 3.51. The number of hydrogen-bond donors (Lipinski definition) is 1. The number of rotatable bonds is 2. The fourth-order valence-electron chi connectivity index (χ4n) is 2.39. The molecule has 0 saturated carbocycles. The topological polar surface area (TPSA) is 53.4 Å². The van der Waals surface area contributed by atoms with Gasteiger partial charge in [-0.3, -0.25) is 9.78 Å². The predicted molar refractivity (Wildman–Crippen MR) is 69.4 cm³/mol. The lowest BCUT2D eigenvalue weighted by Gasteiger charge is -2.28. The summed E-state index contributed by atoms with van der Waals surface area (Å²) in [4.78, 5) is 18.4. The minimum absolute atomic E-state index is 0.0107. The smallest absolute Gasteiger partial charge is 0.255 e. The van der Waals surface area contributed by atoms with Crippen molar-refractivity contribution >= 4 is 5.91 Å². The molecule has 0 aromatic carbocycles. The van der Waals surface area contributed by atoms with Crippen LogP contribution in [0.4, 0.5) is 0 Å². The summed E-state index contributed by atoms with van der Waals surface area (Å²) >= 11 is 0. The predicted octanol–water partition coefficient (Wildman–Crippen LogP) is 1.77. The van der Waals surface area contributed by atoms with Crippen molar-refractivity contribution in [2.75, 3.05) is 13.2 Å². The van der Waals surface area contributed by atoms with Gasteiger partial charge in [-0.05, 0) is 31.9 Å². The van der Waals surface area contributed by atoms with E-state index in [-0.39, 0.29) is 18.6 Å². The third kappa shape index (κ3) is 2.88. The number of aliphatic hydroxyl groups excluding tert-OH is 1. The summed E-state index contributed by atoms with van der Waals surface area (Å²) in [5.41, 5.74) is 1.52. The number of carbonyl (C=O) groups is 1. The van der Waals surface area contributed by atoms with Crippen molar-refractivity contribution < 1.29 is 9.90 Å². The number of aromatic nitrogens is 1. The van der Waals surface area contributed by atoms with Gasteiger partial charge >= 0.3 is 0 Å². The summed E-state index contributed by atoms with van der Waals surface area (Å²) in [6.45, 7) is 2.68. The van der Waals surface area contributed by atoms with Gasteiger partial charge < -0.3 is 10.0 Å². The van der Waals surface area contributed by atoms with Gasteiger partial charge in [0.2, 0.25) is 0 Å². The quantitative estimate of drug-likeness (QED) is 0.867. The Bertz CT molecular complexity index is 403. The second-order valence-electron chi connectivity index (χ2n) is 4.87. The maximum Gasteiger partial charge on any atom is 0.255 e. The molecule has 0 bridgehead atoms. The Kier molecular flexibility index (Phi) is 4.31.